The summed E-state index contributed by atoms with van der Waals surface area (Å²) in [6.45, 7) is 5.38. The molecular formula is C19H28FIN4OS. The lowest BCUT2D eigenvalue weighted by atomic mass is 10.2. The minimum Gasteiger partial charge on any atom is -0.489 e. The summed E-state index contributed by atoms with van der Waals surface area (Å²) < 4.78 is 18.9. The molecule has 0 aliphatic heterocycles. The van der Waals surface area contributed by atoms with Crippen molar-refractivity contribution in [2.75, 3.05) is 20.1 Å². The molecule has 0 amide bonds. The van der Waals surface area contributed by atoms with E-state index in [1.54, 1.807) is 30.5 Å². The van der Waals surface area contributed by atoms with E-state index in [1.807, 2.05) is 13.8 Å². The van der Waals surface area contributed by atoms with E-state index in [2.05, 4.69) is 26.0 Å². The third-order valence-corrected chi connectivity index (χ3v) is 4.72. The molecule has 0 saturated heterocycles. The monoisotopic (exact) mass is 506 g/mol. The van der Waals surface area contributed by atoms with Gasteiger partial charge in [-0.2, -0.15) is 0 Å². The summed E-state index contributed by atoms with van der Waals surface area (Å²) in [5.41, 5.74) is 1.10. The fourth-order valence-electron chi connectivity index (χ4n) is 2.40. The SMILES string of the molecule is CN=C(NCCCCc1nc(C)cs1)NCC(C)Oc1cccc(F)c1.I. The Morgan fingerprint density at radius 2 is 2.15 bits per heavy atom. The van der Waals surface area contributed by atoms with E-state index in [9.17, 15) is 4.39 Å². The van der Waals surface area contributed by atoms with Gasteiger partial charge < -0.3 is 15.4 Å². The summed E-state index contributed by atoms with van der Waals surface area (Å²) in [6.07, 6.45) is 3.05. The Balaban J connectivity index is 0.00000364. The van der Waals surface area contributed by atoms with Gasteiger partial charge in [-0.05, 0) is 45.2 Å². The first-order chi connectivity index (χ1) is 12.6. The minimum atomic E-state index is -0.298. The molecule has 0 spiro atoms. The molecule has 2 N–H and O–H groups in total. The third-order valence-electron chi connectivity index (χ3n) is 3.69. The topological polar surface area (TPSA) is 58.5 Å². The molecule has 0 aliphatic carbocycles. The number of thiazole rings is 1. The van der Waals surface area contributed by atoms with Crippen LogP contribution in [-0.2, 0) is 6.42 Å². The highest BCUT2D eigenvalue weighted by atomic mass is 127. The van der Waals surface area contributed by atoms with Gasteiger partial charge in [-0.1, -0.05) is 6.07 Å². The van der Waals surface area contributed by atoms with Gasteiger partial charge in [0, 0.05) is 30.7 Å². The van der Waals surface area contributed by atoms with Crippen molar-refractivity contribution in [2.45, 2.75) is 39.2 Å². The highest BCUT2D eigenvalue weighted by molar-refractivity contribution is 14.0. The molecule has 8 heteroatoms. The first-order valence-electron chi connectivity index (χ1n) is 8.84. The van der Waals surface area contributed by atoms with Crippen LogP contribution in [0.5, 0.6) is 5.75 Å². The second-order valence-corrected chi connectivity index (χ2v) is 7.05. The molecule has 1 aromatic heterocycles. The van der Waals surface area contributed by atoms with Crippen LogP contribution in [0.3, 0.4) is 0 Å². The van der Waals surface area contributed by atoms with Gasteiger partial charge >= 0.3 is 0 Å². The molecular weight excluding hydrogens is 478 g/mol. The van der Waals surface area contributed by atoms with Crippen molar-refractivity contribution in [2.24, 2.45) is 4.99 Å². The van der Waals surface area contributed by atoms with E-state index >= 15 is 0 Å². The second-order valence-electron chi connectivity index (χ2n) is 6.11. The van der Waals surface area contributed by atoms with Crippen molar-refractivity contribution in [3.05, 3.63) is 46.2 Å². The van der Waals surface area contributed by atoms with Crippen LogP contribution in [-0.4, -0.2) is 37.2 Å². The average Bonchev–Trinajstić information content (AvgIpc) is 3.02. The number of ether oxygens (including phenoxy) is 1. The molecule has 0 fully saturated rings. The van der Waals surface area contributed by atoms with Gasteiger partial charge in [0.25, 0.3) is 0 Å². The molecule has 5 nitrogen and oxygen atoms in total. The predicted molar refractivity (Wildman–Crippen MR) is 121 cm³/mol. The smallest absolute Gasteiger partial charge is 0.191 e. The molecule has 0 bridgehead atoms. The lowest BCUT2D eigenvalue weighted by Crippen LogP contribution is -2.42. The van der Waals surface area contributed by atoms with Crippen LogP contribution in [0, 0.1) is 12.7 Å². The Hall–Kier alpha value is -1.42. The van der Waals surface area contributed by atoms with Gasteiger partial charge in [0.05, 0.1) is 11.6 Å². The van der Waals surface area contributed by atoms with Crippen LogP contribution < -0.4 is 15.4 Å². The summed E-state index contributed by atoms with van der Waals surface area (Å²) in [6, 6.07) is 6.17. The Labute approximate surface area is 181 Å². The number of nitrogens with zero attached hydrogens (tertiary/aromatic N) is 2. The van der Waals surface area contributed by atoms with Crippen LogP contribution in [0.1, 0.15) is 30.5 Å². The molecule has 1 atom stereocenters. The first-order valence-corrected chi connectivity index (χ1v) is 9.72. The molecule has 1 unspecified atom stereocenters. The normalized spacial score (nSPS) is 12.2. The molecule has 150 valence electrons. The molecule has 1 heterocycles. The number of hydrogen-bond acceptors (Lipinski definition) is 4. The predicted octanol–water partition coefficient (Wildman–Crippen LogP) is 4.16. The maximum absolute atomic E-state index is 13.2. The number of aryl methyl sites for hydroxylation is 2. The Bertz CT molecular complexity index is 711. The minimum absolute atomic E-state index is 0. The number of hydrogen-bond donors (Lipinski definition) is 2. The zero-order valence-corrected chi connectivity index (χ0v) is 19.1. The number of rotatable bonds is 9. The lowest BCUT2D eigenvalue weighted by molar-refractivity contribution is 0.223. The highest BCUT2D eigenvalue weighted by Gasteiger charge is 2.06. The van der Waals surface area contributed by atoms with Crippen molar-refractivity contribution in [3.8, 4) is 5.75 Å². The Morgan fingerprint density at radius 3 is 2.81 bits per heavy atom. The maximum Gasteiger partial charge on any atom is 0.191 e. The number of benzene rings is 1. The molecule has 2 rings (SSSR count). The number of halogens is 2. The van der Waals surface area contributed by atoms with Gasteiger partial charge in [-0.25, -0.2) is 9.37 Å². The largest absolute Gasteiger partial charge is 0.489 e. The van der Waals surface area contributed by atoms with Crippen molar-refractivity contribution in [1.82, 2.24) is 15.6 Å². The molecule has 0 aliphatic rings. The number of guanidine groups is 1. The molecule has 2 aromatic rings. The fourth-order valence-corrected chi connectivity index (χ4v) is 3.22. The van der Waals surface area contributed by atoms with Crippen LogP contribution in [0.15, 0.2) is 34.6 Å². The summed E-state index contributed by atoms with van der Waals surface area (Å²) >= 11 is 1.73. The first kappa shape index (κ1) is 23.6. The maximum atomic E-state index is 13.2. The molecule has 0 saturated carbocycles. The van der Waals surface area contributed by atoms with Crippen LogP contribution in [0.25, 0.3) is 0 Å². The van der Waals surface area contributed by atoms with Gasteiger partial charge in [0.1, 0.15) is 17.7 Å². The van der Waals surface area contributed by atoms with Crippen LogP contribution in [0.4, 0.5) is 4.39 Å². The summed E-state index contributed by atoms with van der Waals surface area (Å²) in [4.78, 5) is 8.68. The number of aromatic nitrogens is 1. The van der Waals surface area contributed by atoms with E-state index in [-0.39, 0.29) is 35.9 Å². The van der Waals surface area contributed by atoms with E-state index in [0.717, 1.165) is 37.5 Å². The van der Waals surface area contributed by atoms with E-state index < -0.39 is 0 Å². The highest BCUT2D eigenvalue weighted by Crippen LogP contribution is 2.13. The van der Waals surface area contributed by atoms with E-state index in [4.69, 9.17) is 4.74 Å². The van der Waals surface area contributed by atoms with Gasteiger partial charge in [0.15, 0.2) is 5.96 Å². The summed E-state index contributed by atoms with van der Waals surface area (Å²) in [7, 11) is 1.74. The van der Waals surface area contributed by atoms with Gasteiger partial charge in [-0.15, -0.1) is 35.3 Å². The zero-order chi connectivity index (χ0) is 18.8. The van der Waals surface area contributed by atoms with Crippen LogP contribution >= 0.6 is 35.3 Å². The van der Waals surface area contributed by atoms with Crippen molar-refractivity contribution in [1.29, 1.82) is 0 Å². The average molecular weight is 506 g/mol. The van der Waals surface area contributed by atoms with E-state index in [0.29, 0.717) is 12.3 Å². The third kappa shape index (κ3) is 9.37. The number of aliphatic imine (C=N–C) groups is 1. The number of nitrogens with one attached hydrogen (secondary N) is 2. The molecule has 1 aromatic carbocycles. The zero-order valence-electron chi connectivity index (χ0n) is 16.0. The summed E-state index contributed by atoms with van der Waals surface area (Å²) in [5.74, 6) is 0.970. The van der Waals surface area contributed by atoms with Crippen molar-refractivity contribution < 1.29 is 9.13 Å². The quantitative estimate of drug-likeness (QED) is 0.232. The summed E-state index contributed by atoms with van der Waals surface area (Å²) in [5, 5.41) is 9.81. The van der Waals surface area contributed by atoms with Crippen molar-refractivity contribution in [3.63, 3.8) is 0 Å². The number of unbranched alkanes of at least 4 members (excludes halogenated alkanes) is 1. The molecule has 0 radical (unpaired) electrons. The van der Waals surface area contributed by atoms with Crippen LogP contribution in [0.2, 0.25) is 0 Å². The standard InChI is InChI=1S/C19H27FN4OS.HI/c1-14-13-26-18(24-14)9-4-5-10-22-19(21-3)23-12-15(2)25-17-8-6-7-16(20)11-17;/h6-8,11,13,15H,4-5,9-10,12H2,1-3H3,(H2,21,22,23);1H. The van der Waals surface area contributed by atoms with Gasteiger partial charge in [-0.3, -0.25) is 4.99 Å². The Kier molecular flexibility index (Phi) is 11.3. The van der Waals surface area contributed by atoms with E-state index in [1.165, 1.54) is 17.1 Å². The Morgan fingerprint density at radius 1 is 1.33 bits per heavy atom. The second kappa shape index (κ2) is 12.9. The fraction of sp³-hybridized carbons (Fsp3) is 0.474. The van der Waals surface area contributed by atoms with Crippen molar-refractivity contribution >= 4 is 41.3 Å². The molecule has 27 heavy (non-hydrogen) atoms. The lowest BCUT2D eigenvalue weighted by Gasteiger charge is -2.17. The van der Waals surface area contributed by atoms with Gasteiger partial charge in [0.2, 0.25) is 0 Å².